The van der Waals surface area contributed by atoms with E-state index in [9.17, 15) is 4.79 Å². The average molecular weight is 228 g/mol. The molecule has 0 aliphatic carbocycles. The summed E-state index contributed by atoms with van der Waals surface area (Å²) in [6.45, 7) is 7.49. The molecule has 4 nitrogen and oxygen atoms in total. The summed E-state index contributed by atoms with van der Waals surface area (Å²) in [5.41, 5.74) is 0. The number of rotatable bonds is 6. The monoisotopic (exact) mass is 228 g/mol. The van der Waals surface area contributed by atoms with Gasteiger partial charge in [0.05, 0.1) is 0 Å². The molecule has 94 valence electrons. The van der Waals surface area contributed by atoms with Crippen LogP contribution in [0, 0.1) is 5.92 Å². The van der Waals surface area contributed by atoms with Gasteiger partial charge in [-0.1, -0.05) is 6.92 Å². The van der Waals surface area contributed by atoms with Gasteiger partial charge in [-0.2, -0.15) is 0 Å². The lowest BCUT2D eigenvalue weighted by Gasteiger charge is -2.22. The number of hydrogen-bond acceptors (Lipinski definition) is 3. The quantitative estimate of drug-likeness (QED) is 0.710. The Morgan fingerprint density at radius 2 is 2.12 bits per heavy atom. The molecule has 1 heterocycles. The van der Waals surface area contributed by atoms with Gasteiger partial charge < -0.3 is 15.4 Å². The second-order valence-corrected chi connectivity index (χ2v) is 4.52. The van der Waals surface area contributed by atoms with E-state index in [2.05, 4.69) is 17.6 Å². The van der Waals surface area contributed by atoms with E-state index >= 15 is 0 Å². The van der Waals surface area contributed by atoms with Crippen LogP contribution < -0.4 is 10.6 Å². The van der Waals surface area contributed by atoms with E-state index in [1.54, 1.807) is 0 Å². The molecule has 16 heavy (non-hydrogen) atoms. The van der Waals surface area contributed by atoms with Gasteiger partial charge in [0, 0.05) is 32.2 Å². The van der Waals surface area contributed by atoms with Crippen molar-refractivity contribution in [3.05, 3.63) is 0 Å². The summed E-state index contributed by atoms with van der Waals surface area (Å²) in [4.78, 5) is 11.6. The Hall–Kier alpha value is -0.610. The molecule has 1 fully saturated rings. The van der Waals surface area contributed by atoms with Crippen molar-refractivity contribution >= 4 is 5.91 Å². The SMILES string of the molecule is CCNC(C)CC(=O)NCC1CCOCC1. The predicted molar refractivity (Wildman–Crippen MR) is 64.3 cm³/mol. The largest absolute Gasteiger partial charge is 0.381 e. The summed E-state index contributed by atoms with van der Waals surface area (Å²) in [7, 11) is 0. The number of hydrogen-bond donors (Lipinski definition) is 2. The first-order chi connectivity index (χ1) is 7.72. The van der Waals surface area contributed by atoms with Crippen molar-refractivity contribution in [3.8, 4) is 0 Å². The van der Waals surface area contributed by atoms with E-state index in [-0.39, 0.29) is 11.9 Å². The molecule has 1 amide bonds. The molecule has 1 unspecified atom stereocenters. The highest BCUT2D eigenvalue weighted by Gasteiger charge is 2.15. The Balaban J connectivity index is 2.09. The fraction of sp³-hybridized carbons (Fsp3) is 0.917. The van der Waals surface area contributed by atoms with Crippen molar-refractivity contribution < 1.29 is 9.53 Å². The Bertz CT molecular complexity index is 203. The lowest BCUT2D eigenvalue weighted by atomic mass is 10.0. The molecule has 1 aliphatic rings. The van der Waals surface area contributed by atoms with Crippen LogP contribution in [0.1, 0.15) is 33.1 Å². The highest BCUT2D eigenvalue weighted by atomic mass is 16.5. The number of amides is 1. The van der Waals surface area contributed by atoms with Gasteiger partial charge in [0.15, 0.2) is 0 Å². The third kappa shape index (κ3) is 5.47. The molecule has 0 aromatic heterocycles. The minimum Gasteiger partial charge on any atom is -0.381 e. The topological polar surface area (TPSA) is 50.4 Å². The van der Waals surface area contributed by atoms with Crippen molar-refractivity contribution in [3.63, 3.8) is 0 Å². The molecule has 0 bridgehead atoms. The van der Waals surface area contributed by atoms with Crippen molar-refractivity contribution in [1.82, 2.24) is 10.6 Å². The summed E-state index contributed by atoms with van der Waals surface area (Å²) >= 11 is 0. The van der Waals surface area contributed by atoms with Crippen LogP contribution in [0.4, 0.5) is 0 Å². The van der Waals surface area contributed by atoms with Crippen molar-refractivity contribution in [1.29, 1.82) is 0 Å². The standard InChI is InChI=1S/C12H24N2O2/c1-3-13-10(2)8-12(15)14-9-11-4-6-16-7-5-11/h10-11,13H,3-9H2,1-2H3,(H,14,15). The lowest BCUT2D eigenvalue weighted by Crippen LogP contribution is -2.36. The van der Waals surface area contributed by atoms with E-state index < -0.39 is 0 Å². The molecule has 2 N–H and O–H groups in total. The van der Waals surface area contributed by atoms with Gasteiger partial charge in [0.25, 0.3) is 0 Å². The number of ether oxygens (including phenoxy) is 1. The fourth-order valence-corrected chi connectivity index (χ4v) is 1.98. The maximum Gasteiger partial charge on any atom is 0.221 e. The normalized spacial score (nSPS) is 19.4. The third-order valence-electron chi connectivity index (χ3n) is 2.97. The molecule has 0 aromatic carbocycles. The van der Waals surface area contributed by atoms with Crippen LogP contribution in [0.3, 0.4) is 0 Å². The first-order valence-corrected chi connectivity index (χ1v) is 6.30. The fourth-order valence-electron chi connectivity index (χ4n) is 1.98. The first-order valence-electron chi connectivity index (χ1n) is 6.30. The summed E-state index contributed by atoms with van der Waals surface area (Å²) in [5.74, 6) is 0.757. The maximum absolute atomic E-state index is 11.6. The summed E-state index contributed by atoms with van der Waals surface area (Å²) in [6, 6.07) is 0.264. The van der Waals surface area contributed by atoms with Crippen molar-refractivity contribution in [2.45, 2.75) is 39.2 Å². The zero-order valence-corrected chi connectivity index (χ0v) is 10.4. The highest BCUT2D eigenvalue weighted by molar-refractivity contribution is 5.76. The molecule has 4 heteroatoms. The van der Waals surface area contributed by atoms with Crippen LogP contribution in [0.15, 0.2) is 0 Å². The summed E-state index contributed by atoms with van der Waals surface area (Å²) in [5, 5.41) is 6.24. The van der Waals surface area contributed by atoms with Crippen LogP contribution >= 0.6 is 0 Å². The average Bonchev–Trinajstić information content (AvgIpc) is 2.28. The lowest BCUT2D eigenvalue weighted by molar-refractivity contribution is -0.121. The molecular formula is C12H24N2O2. The second-order valence-electron chi connectivity index (χ2n) is 4.52. The van der Waals surface area contributed by atoms with E-state index in [4.69, 9.17) is 4.74 Å². The maximum atomic E-state index is 11.6. The van der Waals surface area contributed by atoms with E-state index in [1.165, 1.54) is 0 Å². The Morgan fingerprint density at radius 1 is 1.44 bits per heavy atom. The van der Waals surface area contributed by atoms with E-state index in [1.807, 2.05) is 6.92 Å². The highest BCUT2D eigenvalue weighted by Crippen LogP contribution is 2.13. The molecule has 1 atom stereocenters. The van der Waals surface area contributed by atoms with Crippen LogP contribution in [0.25, 0.3) is 0 Å². The molecular weight excluding hydrogens is 204 g/mol. The molecule has 1 saturated heterocycles. The zero-order chi connectivity index (χ0) is 11.8. The summed E-state index contributed by atoms with van der Waals surface area (Å²) in [6.07, 6.45) is 2.71. The minimum atomic E-state index is 0.153. The van der Waals surface area contributed by atoms with E-state index in [0.717, 1.165) is 39.1 Å². The van der Waals surface area contributed by atoms with Gasteiger partial charge in [-0.3, -0.25) is 4.79 Å². The molecule has 1 rings (SSSR count). The molecule has 0 saturated carbocycles. The van der Waals surface area contributed by atoms with Crippen molar-refractivity contribution in [2.24, 2.45) is 5.92 Å². The number of nitrogens with one attached hydrogen (secondary N) is 2. The van der Waals surface area contributed by atoms with Crippen LogP contribution in [-0.2, 0) is 9.53 Å². The smallest absolute Gasteiger partial charge is 0.221 e. The molecule has 0 radical (unpaired) electrons. The van der Waals surface area contributed by atoms with Crippen LogP contribution in [-0.4, -0.2) is 38.3 Å². The number of carbonyl (C=O) groups is 1. The van der Waals surface area contributed by atoms with Gasteiger partial charge in [0.1, 0.15) is 0 Å². The van der Waals surface area contributed by atoms with Gasteiger partial charge in [-0.05, 0) is 32.2 Å². The molecule has 1 aliphatic heterocycles. The van der Waals surface area contributed by atoms with Gasteiger partial charge >= 0.3 is 0 Å². The van der Waals surface area contributed by atoms with Gasteiger partial charge in [-0.15, -0.1) is 0 Å². The van der Waals surface area contributed by atoms with Gasteiger partial charge in [-0.25, -0.2) is 0 Å². The van der Waals surface area contributed by atoms with Crippen LogP contribution in [0.5, 0.6) is 0 Å². The third-order valence-corrected chi connectivity index (χ3v) is 2.97. The molecule has 0 spiro atoms. The zero-order valence-electron chi connectivity index (χ0n) is 10.4. The Morgan fingerprint density at radius 3 is 2.75 bits per heavy atom. The second kappa shape index (κ2) is 7.63. The first kappa shape index (κ1) is 13.5. The summed E-state index contributed by atoms with van der Waals surface area (Å²) < 4.78 is 5.28. The minimum absolute atomic E-state index is 0.153. The van der Waals surface area contributed by atoms with E-state index in [0.29, 0.717) is 12.3 Å². The van der Waals surface area contributed by atoms with Gasteiger partial charge in [0.2, 0.25) is 5.91 Å². The van der Waals surface area contributed by atoms with Crippen molar-refractivity contribution in [2.75, 3.05) is 26.3 Å². The number of carbonyl (C=O) groups excluding carboxylic acids is 1. The Labute approximate surface area is 98.1 Å². The predicted octanol–water partition coefficient (Wildman–Crippen LogP) is 0.917. The van der Waals surface area contributed by atoms with Crippen LogP contribution in [0.2, 0.25) is 0 Å². The molecule has 0 aromatic rings. The Kier molecular flexibility index (Phi) is 6.42.